The predicted octanol–water partition coefficient (Wildman–Crippen LogP) is 27.9. The summed E-state index contributed by atoms with van der Waals surface area (Å²) in [5.41, 5.74) is -5.97. The molecule has 0 amide bonds. The molecule has 0 aromatic heterocycles. The molecule has 0 spiro atoms. The van der Waals surface area contributed by atoms with Crippen molar-refractivity contribution in [2.75, 3.05) is 6.61 Å². The number of rotatable bonds is 24. The maximum Gasteiger partial charge on any atom is 0.312 e. The number of cyclic esters (lactones) is 1. The van der Waals surface area contributed by atoms with Crippen LogP contribution in [0, 0.1) is 94.7 Å². The summed E-state index contributed by atoms with van der Waals surface area (Å²) in [4.78, 5) is 108. The van der Waals surface area contributed by atoms with Crippen molar-refractivity contribution >= 4 is 74.4 Å². The topological polar surface area (TPSA) is 277 Å². The molecule has 2 aliphatic heterocycles. The number of hydrogen-bond acceptors (Lipinski definition) is 20. The second kappa shape index (κ2) is 53.0. The molecule has 2 N–H and O–H groups in total. The van der Waals surface area contributed by atoms with Crippen molar-refractivity contribution in [3.05, 3.63) is 33.9 Å². The van der Waals surface area contributed by atoms with Crippen LogP contribution in [0.25, 0.3) is 0 Å². The number of carbonyl (C=O) groups excluding carboxylic acids is 9. The van der Waals surface area contributed by atoms with Gasteiger partial charge in [0.1, 0.15) is 29.0 Å². The van der Waals surface area contributed by atoms with Crippen molar-refractivity contribution in [2.45, 2.75) is 483 Å². The Balaban J connectivity index is -0.000000216. The summed E-state index contributed by atoms with van der Waals surface area (Å²) in [5.74, 6) is 2.67. The number of esters is 7. The molecule has 10 bridgehead atoms. The molecule has 2 heterocycles. The predicted molar refractivity (Wildman–Crippen MR) is 527 cm³/mol. The van der Waals surface area contributed by atoms with Gasteiger partial charge in [-0.3, -0.25) is 28.8 Å². The van der Waals surface area contributed by atoms with Gasteiger partial charge in [0.05, 0.1) is 50.8 Å². The average molecular weight is 1900 g/mol. The number of fused-ring (bicyclic) bond motifs is 1. The number of hydrogen-bond donors (Lipinski definition) is 2. The molecule has 13 aliphatic rings. The molecule has 13 fully saturated rings. The van der Waals surface area contributed by atoms with Crippen LogP contribution in [0.5, 0.6) is 0 Å². The zero-order valence-electron chi connectivity index (χ0n) is 72.5. The van der Waals surface area contributed by atoms with E-state index in [2.05, 4.69) is 27.7 Å². The molecule has 0 radical (unpaired) electrons. The summed E-state index contributed by atoms with van der Waals surface area (Å²) in [6.45, 7) is 47.4. The largest absolute Gasteiger partial charge is 0.459 e. The van der Waals surface area contributed by atoms with E-state index in [9.17, 15) is 53.4 Å². The summed E-state index contributed by atoms with van der Waals surface area (Å²) >= 11 is -2.84. The number of halogens is 1. The third-order valence-electron chi connectivity index (χ3n) is 28.4. The summed E-state index contributed by atoms with van der Waals surface area (Å²) in [6.07, 6.45) is 22.2. The molecule has 11 aliphatic carbocycles. The van der Waals surface area contributed by atoms with Crippen LogP contribution < -0.4 is 0 Å². The maximum atomic E-state index is 12.8. The number of ether oxygens (including phenoxy) is 7. The van der Waals surface area contributed by atoms with Gasteiger partial charge in [0.2, 0.25) is 6.10 Å². The third kappa shape index (κ3) is 31.9. The maximum absolute atomic E-state index is 12.8. The van der Waals surface area contributed by atoms with Crippen molar-refractivity contribution in [1.82, 2.24) is 0 Å². The van der Waals surface area contributed by atoms with E-state index in [1.165, 1.54) is 44.9 Å². The fourth-order valence-electron chi connectivity index (χ4n) is 18.2. The summed E-state index contributed by atoms with van der Waals surface area (Å²) in [7, 11) is 0. The Labute approximate surface area is 777 Å². The summed E-state index contributed by atoms with van der Waals surface area (Å²) in [6, 6.07) is 9.30. The molecule has 1 aromatic rings. The van der Waals surface area contributed by atoms with E-state index in [0.717, 1.165) is 92.5 Å². The van der Waals surface area contributed by atoms with Gasteiger partial charge in [0.25, 0.3) is 0 Å². The average Bonchev–Trinajstić information content (AvgIpc) is 1.58. The molecular weight excluding hydrogens is 1700 g/mol. The van der Waals surface area contributed by atoms with Gasteiger partial charge in [-0.1, -0.05) is 159 Å². The number of aliphatic hydroxyl groups is 2. The second-order valence-electron chi connectivity index (χ2n) is 39.9. The first-order valence-corrected chi connectivity index (χ1v) is 45.4. The minimum Gasteiger partial charge on any atom is -0.459 e. The molecule has 14 rings (SSSR count). The zero-order chi connectivity index (χ0) is 83.3. The number of benzene rings is 1. The Kier molecular flexibility index (Phi) is 57.4. The van der Waals surface area contributed by atoms with Crippen LogP contribution >= 0.6 is 20.6 Å². The summed E-state index contributed by atoms with van der Waals surface area (Å²) in [5, 5.41) is 21.3. The van der Waals surface area contributed by atoms with Gasteiger partial charge >= 0.3 is 189 Å². The minimum atomic E-state index is -2.84. The molecule has 20 nitrogen and oxygen atoms in total. The van der Waals surface area contributed by atoms with Crippen LogP contribution in [0.15, 0.2) is 30.3 Å². The van der Waals surface area contributed by atoms with Crippen LogP contribution in [0.2, 0.25) is 0 Å². The Bertz CT molecular complexity index is 3320. The minimum absolute atomic E-state index is 0. The zero-order valence-corrected chi connectivity index (χ0v) is 74.7. The fourth-order valence-corrected chi connectivity index (χ4v) is 21.7. The molecule has 8 unspecified atom stereocenters. The standard InChI is InChI=1S/C19H32O2.C18H27IO4.C16H26O4.C14H20O4.C13H24O2.C10H16O4.14CH4/c1-6-18(4,5)17(20)21-19(12(2)3)15-8-13-7-14(10-15)11-16(19)9-13;1-7-17(3,4)15(20)22-19(14-12-10-9-11-13-14)23-16(21)18(5,6)8-2;1-4-13(2,3)12(17)20-16-7-11-5-14(18,9-16)8-15(19,6-11)10-16;1-4-14(2,3)13(16)18-10-7-5-8-9(6-7)12(15)17-11(8)10;1-5-12(3,4)11(14)15-13(6-2)9-7-8-10-13;1-4-10(2,3)9(12)14-7-5-6-13-8(7)11;;;;;;;;;;;;;;/h12-16H,6-11H2,1-5H3;9-13H,7-8H2,1-6H3;11,18-19H,4-10H2,1-3H3;7-11H,4-6H2,1-3H3;5-10H2,1-4H3;7H,4-6H2,1-3H3;14*1H4. The van der Waals surface area contributed by atoms with E-state index < -0.39 is 76.6 Å². The van der Waals surface area contributed by atoms with Gasteiger partial charge in [-0.25, -0.2) is 4.79 Å². The van der Waals surface area contributed by atoms with Gasteiger partial charge in [0.15, 0.2) is 0 Å². The SMILES string of the molecule is C.C.C.C.C.C.C.C.C.C.C.C.C.C.CCC(C)(C)C(=O)OC1(C(C)C)C2CC3CC(C2)CC1C3.CCC(C)(C)C(=O)OC12CC3CC(O)(CC(O)(C3)C1)C2.CCC(C)(C)C(=O)OC1C2CC3C(=O)OC1C3C2.CCC(C)(C)C(=O)OC1CCOC1=O.CCC(C)(C)C(=O)OI(OC(=O)C(C)(C)CC)c1ccccc1.CCC1(OC(=O)C(C)(C)CC)CCCC1. The van der Waals surface area contributed by atoms with E-state index in [1.54, 1.807) is 13.8 Å². The van der Waals surface area contributed by atoms with Gasteiger partial charge in [-0.15, -0.1) is 0 Å². The van der Waals surface area contributed by atoms with Gasteiger partial charge < -0.3 is 43.4 Å². The van der Waals surface area contributed by atoms with Crippen molar-refractivity contribution < 1.29 is 92.7 Å². The molecule has 21 heteroatoms. The quantitative estimate of drug-likeness (QED) is 0.0553. The normalized spacial score (nSPS) is 27.5. The third-order valence-corrected chi connectivity index (χ3v) is 31.7. The van der Waals surface area contributed by atoms with E-state index in [-0.39, 0.29) is 198 Å². The van der Waals surface area contributed by atoms with Crippen LogP contribution in [0.4, 0.5) is 0 Å². The van der Waals surface area contributed by atoms with E-state index in [1.807, 2.05) is 155 Å². The molecule has 125 heavy (non-hydrogen) atoms. The first-order chi connectivity index (χ1) is 51.4. The van der Waals surface area contributed by atoms with Crippen molar-refractivity contribution in [3.8, 4) is 0 Å². The van der Waals surface area contributed by atoms with Crippen molar-refractivity contribution in [3.63, 3.8) is 0 Å². The van der Waals surface area contributed by atoms with Crippen LogP contribution in [0.1, 0.15) is 437 Å². The van der Waals surface area contributed by atoms with Crippen LogP contribution in [-0.2, 0) is 82.4 Å². The van der Waals surface area contributed by atoms with E-state index in [0.29, 0.717) is 81.1 Å². The van der Waals surface area contributed by atoms with Crippen LogP contribution in [0.3, 0.4) is 0 Å². The fraction of sp³-hybridized carbons (Fsp3) is 0.856. The van der Waals surface area contributed by atoms with Crippen LogP contribution in [-0.4, -0.2) is 117 Å². The van der Waals surface area contributed by atoms with Gasteiger partial charge in [-0.2, -0.15) is 0 Å². The smallest absolute Gasteiger partial charge is 0.312 e. The van der Waals surface area contributed by atoms with E-state index >= 15 is 0 Å². The molecule has 2 saturated heterocycles. The Morgan fingerprint density at radius 1 is 0.448 bits per heavy atom. The molecule has 1 aromatic carbocycles. The van der Waals surface area contributed by atoms with Gasteiger partial charge in [0, 0.05) is 37.5 Å². The van der Waals surface area contributed by atoms with Gasteiger partial charge in [-0.05, 0) is 233 Å². The Hall–Kier alpha value is -4.90. The molecule has 744 valence electrons. The molecular formula is C104H201IO20. The first-order valence-electron chi connectivity index (χ1n) is 42.5. The van der Waals surface area contributed by atoms with Crippen molar-refractivity contribution in [1.29, 1.82) is 0 Å². The number of carbonyl (C=O) groups is 9. The monoisotopic (exact) mass is 1900 g/mol. The molecule has 8 atom stereocenters. The Morgan fingerprint density at radius 3 is 1.19 bits per heavy atom. The Morgan fingerprint density at radius 2 is 0.824 bits per heavy atom. The van der Waals surface area contributed by atoms with E-state index in [4.69, 9.17) is 39.3 Å². The first kappa shape index (κ1) is 136. The summed E-state index contributed by atoms with van der Waals surface area (Å²) < 4.78 is 51.0. The molecule has 11 saturated carbocycles. The van der Waals surface area contributed by atoms with Crippen molar-refractivity contribution in [2.24, 2.45) is 91.2 Å². The second-order valence-corrected chi connectivity index (χ2v) is 43.3.